The normalized spacial score (nSPS) is 23.5. The maximum atomic E-state index is 11.9. The molecule has 0 bridgehead atoms. The number of carboxylic acid groups (broad SMARTS) is 1. The molecule has 0 radical (unpaired) electrons. The van der Waals surface area contributed by atoms with E-state index in [9.17, 15) is 14.7 Å². The van der Waals surface area contributed by atoms with Gasteiger partial charge in [0.15, 0.2) is 5.54 Å². The number of hydrogen-bond donors (Lipinski definition) is 3. The van der Waals surface area contributed by atoms with Gasteiger partial charge in [-0.1, -0.05) is 37.3 Å². The van der Waals surface area contributed by atoms with E-state index in [1.165, 1.54) is 6.92 Å². The average molecular weight is 276 g/mol. The van der Waals surface area contributed by atoms with Gasteiger partial charge in [0.1, 0.15) is 0 Å². The van der Waals surface area contributed by atoms with Crippen molar-refractivity contribution in [2.24, 2.45) is 11.8 Å². The van der Waals surface area contributed by atoms with Crippen LogP contribution in [0.15, 0.2) is 30.3 Å². The third-order valence-corrected chi connectivity index (χ3v) is 3.94. The molecule has 1 aromatic carbocycles. The van der Waals surface area contributed by atoms with E-state index >= 15 is 0 Å². The van der Waals surface area contributed by atoms with E-state index in [0.717, 1.165) is 6.42 Å². The second kappa shape index (κ2) is 5.53. The topological polar surface area (TPSA) is 78.4 Å². The quantitative estimate of drug-likeness (QED) is 0.769. The summed E-state index contributed by atoms with van der Waals surface area (Å²) in [6.07, 6.45) is 1.12. The van der Waals surface area contributed by atoms with Gasteiger partial charge in [-0.25, -0.2) is 9.59 Å². The van der Waals surface area contributed by atoms with E-state index in [1.54, 1.807) is 30.3 Å². The van der Waals surface area contributed by atoms with Crippen LogP contribution >= 0.6 is 0 Å². The fourth-order valence-electron chi connectivity index (χ4n) is 2.20. The summed E-state index contributed by atoms with van der Waals surface area (Å²) in [7, 11) is 0. The van der Waals surface area contributed by atoms with Crippen LogP contribution in [0.4, 0.5) is 4.79 Å². The highest BCUT2D eigenvalue weighted by molar-refractivity contribution is 5.87. The highest BCUT2D eigenvalue weighted by Gasteiger charge is 2.37. The van der Waals surface area contributed by atoms with E-state index in [1.807, 2.05) is 0 Å². The van der Waals surface area contributed by atoms with Crippen LogP contribution in [-0.4, -0.2) is 23.7 Å². The number of benzene rings is 1. The van der Waals surface area contributed by atoms with Crippen LogP contribution in [0.1, 0.15) is 25.8 Å². The molecule has 3 atom stereocenters. The first-order chi connectivity index (χ1) is 9.43. The molecule has 1 fully saturated rings. The Labute approximate surface area is 118 Å². The lowest BCUT2D eigenvalue weighted by Crippen LogP contribution is -2.53. The van der Waals surface area contributed by atoms with Gasteiger partial charge < -0.3 is 15.7 Å². The van der Waals surface area contributed by atoms with Gasteiger partial charge >= 0.3 is 12.0 Å². The smallest absolute Gasteiger partial charge is 0.333 e. The number of aliphatic carboxylic acids is 1. The summed E-state index contributed by atoms with van der Waals surface area (Å²) in [6.45, 7) is 4.22. The van der Waals surface area contributed by atoms with Crippen LogP contribution in [0.2, 0.25) is 0 Å². The van der Waals surface area contributed by atoms with Crippen molar-refractivity contribution in [1.82, 2.24) is 10.6 Å². The molecule has 1 aliphatic rings. The largest absolute Gasteiger partial charge is 0.479 e. The summed E-state index contributed by atoms with van der Waals surface area (Å²) >= 11 is 0. The van der Waals surface area contributed by atoms with Gasteiger partial charge in [0, 0.05) is 6.54 Å². The molecule has 2 amide bonds. The number of nitrogens with one attached hydrogen (secondary N) is 2. The molecule has 3 unspecified atom stereocenters. The van der Waals surface area contributed by atoms with Crippen molar-refractivity contribution in [3.8, 4) is 0 Å². The van der Waals surface area contributed by atoms with Crippen molar-refractivity contribution < 1.29 is 14.7 Å². The predicted octanol–water partition coefficient (Wildman–Crippen LogP) is 1.94. The summed E-state index contributed by atoms with van der Waals surface area (Å²) < 4.78 is 0. The molecule has 5 heteroatoms. The molecule has 0 spiro atoms. The molecule has 0 aliphatic heterocycles. The van der Waals surface area contributed by atoms with Crippen molar-refractivity contribution in [2.75, 3.05) is 6.54 Å². The van der Waals surface area contributed by atoms with Crippen molar-refractivity contribution in [1.29, 1.82) is 0 Å². The fraction of sp³-hybridized carbons (Fsp3) is 0.467. The molecule has 1 aliphatic carbocycles. The summed E-state index contributed by atoms with van der Waals surface area (Å²) in [5.74, 6) is 0.0856. The Morgan fingerprint density at radius 2 is 1.95 bits per heavy atom. The Balaban J connectivity index is 2.01. The summed E-state index contributed by atoms with van der Waals surface area (Å²) in [5, 5.41) is 14.7. The third-order valence-electron chi connectivity index (χ3n) is 3.94. The fourth-order valence-corrected chi connectivity index (χ4v) is 2.20. The Morgan fingerprint density at radius 3 is 2.45 bits per heavy atom. The van der Waals surface area contributed by atoms with Gasteiger partial charge in [-0.05, 0) is 30.7 Å². The van der Waals surface area contributed by atoms with Gasteiger partial charge in [-0.15, -0.1) is 0 Å². The molecule has 3 N–H and O–H groups in total. The van der Waals surface area contributed by atoms with E-state index < -0.39 is 17.5 Å². The summed E-state index contributed by atoms with van der Waals surface area (Å²) in [4.78, 5) is 23.4. The maximum absolute atomic E-state index is 11.9. The van der Waals surface area contributed by atoms with Gasteiger partial charge in [0.2, 0.25) is 0 Å². The Kier molecular flexibility index (Phi) is 3.97. The highest BCUT2D eigenvalue weighted by Crippen LogP contribution is 2.36. The maximum Gasteiger partial charge on any atom is 0.333 e. The van der Waals surface area contributed by atoms with Crippen LogP contribution < -0.4 is 10.6 Å². The van der Waals surface area contributed by atoms with Gasteiger partial charge in [0.05, 0.1) is 0 Å². The predicted molar refractivity (Wildman–Crippen MR) is 75.2 cm³/mol. The number of carboxylic acids is 1. The monoisotopic (exact) mass is 276 g/mol. The van der Waals surface area contributed by atoms with Crippen LogP contribution in [0.5, 0.6) is 0 Å². The van der Waals surface area contributed by atoms with Crippen molar-refractivity contribution in [3.05, 3.63) is 35.9 Å². The Bertz CT molecular complexity index is 503. The average Bonchev–Trinajstić information content (AvgIpc) is 3.13. The van der Waals surface area contributed by atoms with Gasteiger partial charge in [-0.3, -0.25) is 0 Å². The number of carbonyl (C=O) groups excluding carboxylic acids is 1. The highest BCUT2D eigenvalue weighted by atomic mass is 16.4. The van der Waals surface area contributed by atoms with E-state index in [2.05, 4.69) is 17.6 Å². The number of rotatable bonds is 5. The Hall–Kier alpha value is -2.04. The molecule has 0 saturated heterocycles. The number of amides is 2. The second-order valence-corrected chi connectivity index (χ2v) is 5.60. The lowest BCUT2D eigenvalue weighted by molar-refractivity contribution is -0.144. The van der Waals surface area contributed by atoms with Crippen LogP contribution in [0.3, 0.4) is 0 Å². The van der Waals surface area contributed by atoms with Crippen molar-refractivity contribution in [2.45, 2.75) is 25.8 Å². The SMILES string of the molecule is CC1CC1CNC(=O)NC(C)(C(=O)O)c1ccccc1. The molecule has 0 heterocycles. The second-order valence-electron chi connectivity index (χ2n) is 5.60. The number of carbonyl (C=O) groups is 2. The number of hydrogen-bond acceptors (Lipinski definition) is 2. The molecule has 2 rings (SSSR count). The zero-order chi connectivity index (χ0) is 14.8. The van der Waals surface area contributed by atoms with Crippen LogP contribution in [0, 0.1) is 11.8 Å². The van der Waals surface area contributed by atoms with Gasteiger partial charge in [0.25, 0.3) is 0 Å². The van der Waals surface area contributed by atoms with E-state index in [4.69, 9.17) is 0 Å². The van der Waals surface area contributed by atoms with Crippen LogP contribution in [0.25, 0.3) is 0 Å². The summed E-state index contributed by atoms with van der Waals surface area (Å²) in [5.41, 5.74) is -0.886. The van der Waals surface area contributed by atoms with Gasteiger partial charge in [-0.2, -0.15) is 0 Å². The molecule has 5 nitrogen and oxygen atoms in total. The minimum absolute atomic E-state index is 0.446. The van der Waals surface area contributed by atoms with E-state index in [-0.39, 0.29) is 0 Å². The number of urea groups is 1. The molecular formula is C15H20N2O3. The molecule has 20 heavy (non-hydrogen) atoms. The summed E-state index contributed by atoms with van der Waals surface area (Å²) in [6, 6.07) is 8.25. The molecule has 0 aromatic heterocycles. The van der Waals surface area contributed by atoms with Crippen molar-refractivity contribution >= 4 is 12.0 Å². The van der Waals surface area contributed by atoms with E-state index in [0.29, 0.717) is 23.9 Å². The first-order valence-electron chi connectivity index (χ1n) is 6.78. The molecule has 108 valence electrons. The van der Waals surface area contributed by atoms with Crippen molar-refractivity contribution in [3.63, 3.8) is 0 Å². The lowest BCUT2D eigenvalue weighted by atomic mass is 9.92. The first kappa shape index (κ1) is 14.4. The molecule has 1 saturated carbocycles. The zero-order valence-corrected chi connectivity index (χ0v) is 11.7. The third kappa shape index (κ3) is 3.10. The zero-order valence-electron chi connectivity index (χ0n) is 11.7. The lowest BCUT2D eigenvalue weighted by Gasteiger charge is -2.26. The first-order valence-corrected chi connectivity index (χ1v) is 6.78. The molecular weight excluding hydrogens is 256 g/mol. The van der Waals surface area contributed by atoms with Crippen LogP contribution in [-0.2, 0) is 10.3 Å². The standard InChI is InChI=1S/C15H20N2O3/c1-10-8-11(10)9-16-14(20)17-15(2,13(18)19)12-6-4-3-5-7-12/h3-7,10-11H,8-9H2,1-2H3,(H,18,19)(H2,16,17,20). The molecule has 1 aromatic rings. The Morgan fingerprint density at radius 1 is 1.35 bits per heavy atom. The minimum Gasteiger partial charge on any atom is -0.479 e. The minimum atomic E-state index is -1.43.